The Morgan fingerprint density at radius 3 is 2.52 bits per heavy atom. The van der Waals surface area contributed by atoms with Crippen LogP contribution in [0.15, 0.2) is 61.0 Å². The molecule has 0 radical (unpaired) electrons. The average Bonchev–Trinajstić information content (AvgIpc) is 3.03. The highest BCUT2D eigenvalue weighted by Gasteiger charge is 2.42. The molecule has 2 aromatic rings. The van der Waals surface area contributed by atoms with Gasteiger partial charge in [0.05, 0.1) is 17.1 Å². The van der Waals surface area contributed by atoms with Gasteiger partial charge in [-0.05, 0) is 36.8 Å². The first-order valence-electron chi connectivity index (χ1n) is 8.70. The first-order valence-corrected chi connectivity index (χ1v) is 9.52. The number of ether oxygens (including phenoxy) is 1. The van der Waals surface area contributed by atoms with Crippen molar-refractivity contribution in [1.29, 1.82) is 0 Å². The minimum Gasteiger partial charge on any atom is -0.453 e. The molecule has 0 spiro atoms. The molecule has 0 saturated heterocycles. The fraction of sp³-hybridized carbons (Fsp3) is 0.273. The molecule has 4 rings (SSSR count). The van der Waals surface area contributed by atoms with E-state index in [4.69, 9.17) is 4.74 Å². The maximum absolute atomic E-state index is 6.10. The second-order valence-corrected chi connectivity index (χ2v) is 7.70. The number of hydrogen-bond donors (Lipinski definition) is 0. The Balaban J connectivity index is 0.000000880. The number of fused-ring (bicyclic) bond motifs is 2. The molecule has 0 atom stereocenters. The molecular formula is C22H25NOS. The van der Waals surface area contributed by atoms with E-state index in [-0.39, 0.29) is 5.41 Å². The number of nitrogens with zero attached hydrogens (tertiary/aromatic N) is 1. The molecular weight excluding hydrogens is 326 g/mol. The normalized spacial score (nSPS) is 16.1. The average molecular weight is 352 g/mol. The summed E-state index contributed by atoms with van der Waals surface area (Å²) < 4.78 is 6.10. The molecule has 3 heterocycles. The largest absolute Gasteiger partial charge is 0.453 e. The van der Waals surface area contributed by atoms with Gasteiger partial charge in [-0.15, -0.1) is 11.3 Å². The maximum atomic E-state index is 6.10. The van der Waals surface area contributed by atoms with Gasteiger partial charge >= 0.3 is 0 Å². The van der Waals surface area contributed by atoms with Crippen molar-refractivity contribution in [2.24, 2.45) is 0 Å². The van der Waals surface area contributed by atoms with E-state index < -0.39 is 0 Å². The molecule has 2 nitrogen and oxygen atoms in total. The van der Waals surface area contributed by atoms with Crippen LogP contribution in [-0.4, -0.2) is 0 Å². The lowest BCUT2D eigenvalue weighted by Crippen LogP contribution is -2.33. The molecule has 25 heavy (non-hydrogen) atoms. The van der Waals surface area contributed by atoms with Gasteiger partial charge in [0.15, 0.2) is 11.5 Å². The van der Waals surface area contributed by atoms with Crippen LogP contribution in [0.5, 0.6) is 5.75 Å². The van der Waals surface area contributed by atoms with Crippen molar-refractivity contribution in [3.63, 3.8) is 0 Å². The minimum atomic E-state index is -0.0442. The second kappa shape index (κ2) is 6.23. The standard InChI is InChI=1S/C20H19NOS.C2H6/c1-6-14-16(7-2)22-17-10-8-9-13-18(17)21(14)15-11-12(3)23-19(15)20(13,4)5;1-2/h6-11H,1-2H2,3-5H3;1-2H3. The summed E-state index contributed by atoms with van der Waals surface area (Å²) in [5.74, 6) is 1.63. The van der Waals surface area contributed by atoms with Crippen LogP contribution in [0.1, 0.15) is 43.0 Å². The molecule has 1 aromatic heterocycles. The molecule has 3 heteroatoms. The van der Waals surface area contributed by atoms with Gasteiger partial charge in [0, 0.05) is 15.2 Å². The first kappa shape index (κ1) is 17.6. The molecule has 0 saturated carbocycles. The summed E-state index contributed by atoms with van der Waals surface area (Å²) >= 11 is 1.87. The highest BCUT2D eigenvalue weighted by Crippen LogP contribution is 2.57. The molecule has 0 bridgehead atoms. The van der Waals surface area contributed by atoms with E-state index >= 15 is 0 Å². The summed E-state index contributed by atoms with van der Waals surface area (Å²) in [6, 6.07) is 8.55. The second-order valence-electron chi connectivity index (χ2n) is 6.44. The Labute approximate surface area is 154 Å². The Bertz CT molecular complexity index is 885. The van der Waals surface area contributed by atoms with Gasteiger partial charge in [0.1, 0.15) is 0 Å². The van der Waals surface area contributed by atoms with Gasteiger partial charge in [-0.1, -0.05) is 53.0 Å². The van der Waals surface area contributed by atoms with Gasteiger partial charge in [0.2, 0.25) is 0 Å². The van der Waals surface area contributed by atoms with Crippen molar-refractivity contribution in [2.75, 3.05) is 4.90 Å². The Kier molecular flexibility index (Phi) is 4.38. The monoisotopic (exact) mass is 351 g/mol. The number of benzene rings is 1. The van der Waals surface area contributed by atoms with Gasteiger partial charge in [-0.3, -0.25) is 0 Å². The van der Waals surface area contributed by atoms with Crippen LogP contribution in [0.25, 0.3) is 0 Å². The summed E-state index contributed by atoms with van der Waals surface area (Å²) in [6.07, 6.45) is 3.61. The lowest BCUT2D eigenvalue weighted by Gasteiger charge is -2.43. The van der Waals surface area contributed by atoms with Crippen molar-refractivity contribution in [3.8, 4) is 5.75 Å². The maximum Gasteiger partial charge on any atom is 0.151 e. The highest BCUT2D eigenvalue weighted by molar-refractivity contribution is 7.12. The molecule has 0 N–H and O–H groups in total. The van der Waals surface area contributed by atoms with Gasteiger partial charge < -0.3 is 9.64 Å². The predicted octanol–water partition coefficient (Wildman–Crippen LogP) is 6.84. The third kappa shape index (κ3) is 2.37. The van der Waals surface area contributed by atoms with E-state index in [0.717, 1.165) is 22.9 Å². The van der Waals surface area contributed by atoms with Crippen LogP contribution < -0.4 is 9.64 Å². The van der Waals surface area contributed by atoms with Crippen molar-refractivity contribution >= 4 is 22.7 Å². The minimum absolute atomic E-state index is 0.0442. The Morgan fingerprint density at radius 2 is 1.88 bits per heavy atom. The SMILES string of the molecule is C=CC1=C(C=C)N2c3cc(C)sc3C(C)(C)c3cccc(c32)O1.CC. The number of allylic oxidation sites excluding steroid dienone is 2. The van der Waals surface area contributed by atoms with Crippen LogP contribution in [-0.2, 0) is 5.41 Å². The zero-order valence-corrected chi connectivity index (χ0v) is 16.5. The fourth-order valence-corrected chi connectivity index (χ4v) is 4.68. The van der Waals surface area contributed by atoms with E-state index in [2.05, 4.69) is 57.0 Å². The highest BCUT2D eigenvalue weighted by atomic mass is 32.1. The molecule has 130 valence electrons. The molecule has 2 aliphatic heterocycles. The van der Waals surface area contributed by atoms with E-state index in [1.54, 1.807) is 6.08 Å². The van der Waals surface area contributed by atoms with Crippen molar-refractivity contribution < 1.29 is 4.74 Å². The zero-order chi connectivity index (χ0) is 18.4. The Hall–Kier alpha value is -2.26. The lowest BCUT2D eigenvalue weighted by atomic mass is 9.78. The van der Waals surface area contributed by atoms with Crippen molar-refractivity contribution in [3.05, 3.63) is 76.3 Å². The van der Waals surface area contributed by atoms with Crippen molar-refractivity contribution in [2.45, 2.75) is 40.0 Å². The Morgan fingerprint density at radius 1 is 1.16 bits per heavy atom. The number of thiophene rings is 1. The van der Waals surface area contributed by atoms with Crippen LogP contribution in [0.4, 0.5) is 11.4 Å². The molecule has 0 fully saturated rings. The van der Waals surface area contributed by atoms with E-state index in [0.29, 0.717) is 0 Å². The summed E-state index contributed by atoms with van der Waals surface area (Å²) in [4.78, 5) is 4.97. The third-order valence-corrected chi connectivity index (χ3v) is 6.00. The number of aryl methyl sites for hydroxylation is 1. The van der Waals surface area contributed by atoms with Crippen LogP contribution >= 0.6 is 11.3 Å². The quantitative estimate of drug-likeness (QED) is 0.587. The lowest BCUT2D eigenvalue weighted by molar-refractivity contribution is 0.427. The summed E-state index contributed by atoms with van der Waals surface area (Å²) in [5, 5.41) is 0. The number of anilines is 2. The van der Waals surface area contributed by atoms with Crippen LogP contribution in [0.2, 0.25) is 0 Å². The summed E-state index contributed by atoms with van der Waals surface area (Å²) in [5.41, 5.74) is 4.55. The van der Waals surface area contributed by atoms with Crippen LogP contribution in [0, 0.1) is 6.92 Å². The van der Waals surface area contributed by atoms with E-state index in [9.17, 15) is 0 Å². The predicted molar refractivity (Wildman–Crippen MR) is 109 cm³/mol. The van der Waals surface area contributed by atoms with Crippen molar-refractivity contribution in [1.82, 2.24) is 0 Å². The number of para-hydroxylation sites is 1. The zero-order valence-electron chi connectivity index (χ0n) is 15.6. The molecule has 0 amide bonds. The number of hydrogen-bond acceptors (Lipinski definition) is 3. The summed E-state index contributed by atoms with van der Waals surface area (Å²) in [7, 11) is 0. The third-order valence-electron chi connectivity index (χ3n) is 4.63. The van der Waals surface area contributed by atoms with Gasteiger partial charge in [-0.25, -0.2) is 0 Å². The first-order chi connectivity index (χ1) is 12.0. The fourth-order valence-electron chi connectivity index (χ4n) is 3.57. The van der Waals surface area contributed by atoms with Gasteiger partial charge in [-0.2, -0.15) is 0 Å². The molecule has 2 aliphatic rings. The van der Waals surface area contributed by atoms with Crippen LogP contribution in [0.3, 0.4) is 0 Å². The smallest absolute Gasteiger partial charge is 0.151 e. The van der Waals surface area contributed by atoms with E-state index in [1.165, 1.54) is 21.0 Å². The van der Waals surface area contributed by atoms with E-state index in [1.807, 2.05) is 37.3 Å². The van der Waals surface area contributed by atoms with Gasteiger partial charge in [0.25, 0.3) is 0 Å². The topological polar surface area (TPSA) is 12.5 Å². The number of rotatable bonds is 2. The molecule has 0 aliphatic carbocycles. The summed E-state index contributed by atoms with van der Waals surface area (Å²) in [6.45, 7) is 18.6. The molecule has 1 aromatic carbocycles. The molecule has 0 unspecified atom stereocenters.